The highest BCUT2D eigenvalue weighted by atomic mass is 19.2. The molecule has 2 fully saturated rings. The number of halogens is 2. The largest absolute Gasteiger partial charge is 0.378 e. The molecule has 0 aliphatic heterocycles. The molecule has 2 atom stereocenters. The Bertz CT molecular complexity index is 487. The van der Waals surface area contributed by atoms with E-state index in [1.54, 1.807) is 6.07 Å². The molecule has 0 bridgehead atoms. The van der Waals surface area contributed by atoms with Gasteiger partial charge in [0.1, 0.15) is 0 Å². The van der Waals surface area contributed by atoms with Gasteiger partial charge < -0.3 is 10.1 Å². The summed E-state index contributed by atoms with van der Waals surface area (Å²) in [6, 6.07) is 4.54. The van der Waals surface area contributed by atoms with E-state index < -0.39 is 11.6 Å². The number of rotatable bonds is 5. The van der Waals surface area contributed by atoms with Crippen molar-refractivity contribution in [1.82, 2.24) is 5.32 Å². The molecule has 2 nitrogen and oxygen atoms in total. The minimum absolute atomic E-state index is 0.300. The van der Waals surface area contributed by atoms with Gasteiger partial charge in [0.15, 0.2) is 11.6 Å². The predicted octanol–water partition coefficient (Wildman–Crippen LogP) is 3.40. The van der Waals surface area contributed by atoms with Crippen LogP contribution in [-0.4, -0.2) is 18.8 Å². The van der Waals surface area contributed by atoms with Crippen molar-refractivity contribution < 1.29 is 13.5 Å². The molecule has 20 heavy (non-hydrogen) atoms. The van der Waals surface area contributed by atoms with E-state index >= 15 is 0 Å². The lowest BCUT2D eigenvalue weighted by molar-refractivity contribution is -0.173. The average molecular weight is 281 g/mol. The molecule has 0 saturated heterocycles. The summed E-state index contributed by atoms with van der Waals surface area (Å²) in [5.41, 5.74) is 1.09. The molecule has 2 aliphatic rings. The molecule has 0 aromatic heterocycles. The smallest absolute Gasteiger partial charge is 0.159 e. The maximum absolute atomic E-state index is 13.2. The van der Waals surface area contributed by atoms with E-state index in [2.05, 4.69) is 5.32 Å². The van der Waals surface area contributed by atoms with E-state index in [9.17, 15) is 8.78 Å². The van der Waals surface area contributed by atoms with Crippen molar-refractivity contribution in [2.75, 3.05) is 6.61 Å². The highest BCUT2D eigenvalue weighted by Crippen LogP contribution is 2.57. The Balaban J connectivity index is 1.58. The molecule has 2 unspecified atom stereocenters. The Morgan fingerprint density at radius 3 is 2.70 bits per heavy atom. The number of benzene rings is 1. The summed E-state index contributed by atoms with van der Waals surface area (Å²) in [4.78, 5) is 0. The zero-order valence-corrected chi connectivity index (χ0v) is 11.8. The Labute approximate surface area is 118 Å². The van der Waals surface area contributed by atoms with Crippen molar-refractivity contribution >= 4 is 0 Å². The topological polar surface area (TPSA) is 21.3 Å². The van der Waals surface area contributed by atoms with E-state index in [1.807, 2.05) is 6.92 Å². The Kier molecular flexibility index (Phi) is 3.78. The Hall–Kier alpha value is -1.00. The van der Waals surface area contributed by atoms with E-state index in [0.29, 0.717) is 24.1 Å². The maximum Gasteiger partial charge on any atom is 0.159 e. The van der Waals surface area contributed by atoms with Gasteiger partial charge in [0.2, 0.25) is 0 Å². The second-order valence-electron chi connectivity index (χ2n) is 5.95. The summed E-state index contributed by atoms with van der Waals surface area (Å²) in [7, 11) is 0. The first kappa shape index (κ1) is 14.0. The fourth-order valence-corrected chi connectivity index (χ4v) is 3.62. The van der Waals surface area contributed by atoms with Gasteiger partial charge in [-0.1, -0.05) is 12.5 Å². The van der Waals surface area contributed by atoms with Crippen molar-refractivity contribution in [2.24, 2.45) is 5.41 Å². The lowest BCUT2D eigenvalue weighted by Crippen LogP contribution is -2.66. The molecule has 1 aromatic carbocycles. The zero-order chi connectivity index (χ0) is 14.2. The van der Waals surface area contributed by atoms with Gasteiger partial charge in [0.25, 0.3) is 0 Å². The van der Waals surface area contributed by atoms with Crippen molar-refractivity contribution in [3.8, 4) is 0 Å². The van der Waals surface area contributed by atoms with Crippen molar-refractivity contribution in [3.05, 3.63) is 35.4 Å². The third-order valence-electron chi connectivity index (χ3n) is 4.97. The van der Waals surface area contributed by atoms with Crippen molar-refractivity contribution in [3.63, 3.8) is 0 Å². The molecule has 1 N–H and O–H groups in total. The number of nitrogens with one attached hydrogen (secondary N) is 1. The van der Waals surface area contributed by atoms with Crippen LogP contribution in [0.4, 0.5) is 8.78 Å². The first-order chi connectivity index (χ1) is 9.65. The minimum Gasteiger partial charge on any atom is -0.378 e. The first-order valence-electron chi connectivity index (χ1n) is 7.44. The summed E-state index contributed by atoms with van der Waals surface area (Å²) in [6.45, 7) is 3.39. The van der Waals surface area contributed by atoms with E-state index in [4.69, 9.17) is 4.74 Å². The van der Waals surface area contributed by atoms with Gasteiger partial charge in [-0.2, -0.15) is 0 Å². The predicted molar refractivity (Wildman–Crippen MR) is 73.3 cm³/mol. The summed E-state index contributed by atoms with van der Waals surface area (Å²) in [6.07, 6.45) is 5.11. The van der Waals surface area contributed by atoms with Crippen molar-refractivity contribution in [2.45, 2.75) is 51.3 Å². The molecule has 0 radical (unpaired) electrons. The fraction of sp³-hybridized carbons (Fsp3) is 0.625. The third kappa shape index (κ3) is 2.25. The van der Waals surface area contributed by atoms with Gasteiger partial charge in [-0.05, 0) is 43.9 Å². The van der Waals surface area contributed by atoms with E-state index in [-0.39, 0.29) is 0 Å². The van der Waals surface area contributed by atoms with Crippen LogP contribution < -0.4 is 5.32 Å². The number of hydrogen-bond donors (Lipinski definition) is 1. The van der Waals surface area contributed by atoms with Crippen LogP contribution in [0.3, 0.4) is 0 Å². The van der Waals surface area contributed by atoms with E-state index in [1.165, 1.54) is 31.4 Å². The Morgan fingerprint density at radius 1 is 1.30 bits per heavy atom. The highest BCUT2D eigenvalue weighted by molar-refractivity contribution is 5.19. The second kappa shape index (κ2) is 5.41. The lowest BCUT2D eigenvalue weighted by Gasteiger charge is -2.61. The molecule has 1 spiro atoms. The van der Waals surface area contributed by atoms with Crippen LogP contribution in [0.1, 0.15) is 38.2 Å². The highest BCUT2D eigenvalue weighted by Gasteiger charge is 2.58. The summed E-state index contributed by atoms with van der Waals surface area (Å²) in [5.74, 6) is -1.56. The van der Waals surface area contributed by atoms with Crippen molar-refractivity contribution in [1.29, 1.82) is 0 Å². The van der Waals surface area contributed by atoms with Crippen LogP contribution >= 0.6 is 0 Å². The van der Waals surface area contributed by atoms with Crippen LogP contribution in [-0.2, 0) is 11.3 Å². The monoisotopic (exact) mass is 281 g/mol. The summed E-state index contributed by atoms with van der Waals surface area (Å²) < 4.78 is 31.9. The number of hydrogen-bond acceptors (Lipinski definition) is 2. The molecule has 2 aliphatic carbocycles. The minimum atomic E-state index is -0.788. The third-order valence-corrected chi connectivity index (χ3v) is 4.97. The van der Waals surface area contributed by atoms with Crippen LogP contribution in [0.15, 0.2) is 18.2 Å². The van der Waals surface area contributed by atoms with Gasteiger partial charge in [-0.15, -0.1) is 0 Å². The van der Waals surface area contributed by atoms with Crippen LogP contribution in [0.25, 0.3) is 0 Å². The molecule has 1 aromatic rings. The standard InChI is InChI=1S/C16H21F2NO/c1-2-20-15-9-14(16(15)6-3-7-16)19-10-11-4-5-12(17)13(18)8-11/h4-5,8,14-15,19H,2-3,6-7,9-10H2,1H3. The Morgan fingerprint density at radius 2 is 2.10 bits per heavy atom. The molecular weight excluding hydrogens is 260 g/mol. The van der Waals surface area contributed by atoms with Gasteiger partial charge in [0.05, 0.1) is 6.10 Å². The molecule has 2 saturated carbocycles. The van der Waals surface area contributed by atoms with Gasteiger partial charge in [0, 0.05) is 24.6 Å². The first-order valence-corrected chi connectivity index (χ1v) is 7.44. The van der Waals surface area contributed by atoms with Gasteiger partial charge in [-0.25, -0.2) is 8.78 Å². The summed E-state index contributed by atoms with van der Waals surface area (Å²) >= 11 is 0. The van der Waals surface area contributed by atoms with Crippen LogP contribution in [0.5, 0.6) is 0 Å². The summed E-state index contributed by atoms with van der Waals surface area (Å²) in [5, 5.41) is 3.49. The van der Waals surface area contributed by atoms with Gasteiger partial charge in [-0.3, -0.25) is 0 Å². The molecular formula is C16H21F2NO. The average Bonchev–Trinajstić information content (AvgIpc) is 2.35. The zero-order valence-electron chi connectivity index (χ0n) is 11.8. The van der Waals surface area contributed by atoms with Gasteiger partial charge >= 0.3 is 0 Å². The number of ether oxygens (including phenoxy) is 1. The molecule has 3 rings (SSSR count). The van der Waals surface area contributed by atoms with Crippen LogP contribution in [0, 0.1) is 17.0 Å². The quantitative estimate of drug-likeness (QED) is 0.893. The lowest BCUT2D eigenvalue weighted by atomic mass is 9.51. The normalized spacial score (nSPS) is 27.1. The van der Waals surface area contributed by atoms with Crippen LogP contribution in [0.2, 0.25) is 0 Å². The molecule has 4 heteroatoms. The molecule has 0 heterocycles. The second-order valence-corrected chi connectivity index (χ2v) is 5.95. The maximum atomic E-state index is 13.2. The van der Waals surface area contributed by atoms with E-state index in [0.717, 1.165) is 18.6 Å². The SMILES string of the molecule is CCOC1CC(NCc2ccc(F)c(F)c2)C12CCC2. The molecule has 110 valence electrons. The molecule has 0 amide bonds. The fourth-order valence-electron chi connectivity index (χ4n) is 3.62.